The van der Waals surface area contributed by atoms with Crippen LogP contribution in [0.3, 0.4) is 0 Å². The first kappa shape index (κ1) is 10.9. The first-order valence-corrected chi connectivity index (χ1v) is 5.02. The summed E-state index contributed by atoms with van der Waals surface area (Å²) in [7, 11) is 0. The third-order valence-electron chi connectivity index (χ3n) is 1.77. The van der Waals surface area contributed by atoms with Gasteiger partial charge in [-0.05, 0) is 25.5 Å². The maximum Gasteiger partial charge on any atom is 0.133 e. The summed E-state index contributed by atoms with van der Waals surface area (Å²) in [4.78, 5) is 0. The summed E-state index contributed by atoms with van der Waals surface area (Å²) >= 11 is 7.77. The minimum atomic E-state index is -0.325. The maximum absolute atomic E-state index is 13.3. The summed E-state index contributed by atoms with van der Waals surface area (Å²) in [5, 5.41) is 0.443. The monoisotopic (exact) mass is 311 g/mol. The fraction of sp³-hybridized carbons (Fsp3) is 0.222. The van der Waals surface area contributed by atoms with Crippen molar-refractivity contribution in [2.45, 2.75) is 13.8 Å². The highest BCUT2D eigenvalue weighted by molar-refractivity contribution is 14.1. The average Bonchev–Trinajstić information content (AvgIpc) is 2.12. The number of aryl methyl sites for hydroxylation is 1. The van der Waals surface area contributed by atoms with Gasteiger partial charge in [-0.2, -0.15) is 0 Å². The van der Waals surface area contributed by atoms with Crippen LogP contribution < -0.4 is 0 Å². The molecule has 1 aromatic carbocycles. The summed E-state index contributed by atoms with van der Waals surface area (Å²) in [6.45, 7) is 3.57. The Balaban J connectivity index is 3.42. The Labute approximate surface area is 95.5 Å². The van der Waals surface area contributed by atoms with Gasteiger partial charge in [0.25, 0.3) is 0 Å². The smallest absolute Gasteiger partial charge is 0.133 e. The summed E-state index contributed by atoms with van der Waals surface area (Å²) in [5.74, 6) is -0.325. The zero-order valence-corrected chi connectivity index (χ0v) is 10.1. The molecule has 1 nitrogen and oxygen atoms in total. The molecule has 1 rings (SSSR count). The molecule has 0 saturated carbocycles. The number of benzene rings is 1. The quantitative estimate of drug-likeness (QED) is 0.550. The van der Waals surface area contributed by atoms with Crippen LogP contribution in [0, 0.1) is 12.7 Å². The summed E-state index contributed by atoms with van der Waals surface area (Å²) in [6.07, 6.45) is 0. The first-order chi connectivity index (χ1) is 6.07. The molecule has 13 heavy (non-hydrogen) atoms. The van der Waals surface area contributed by atoms with Crippen LogP contribution in [0.4, 0.5) is 4.39 Å². The Bertz CT molecular complexity index is 363. The van der Waals surface area contributed by atoms with E-state index >= 15 is 0 Å². The third kappa shape index (κ3) is 2.20. The second-order valence-electron chi connectivity index (χ2n) is 2.72. The standard InChI is InChI=1S/C9H8ClFIN/c1-5-3-4-7(11)8(9(5)10)6(2)13-12/h3-4H,1-2H3/b13-6+. The fourth-order valence-corrected chi connectivity index (χ4v) is 1.56. The van der Waals surface area contributed by atoms with Crippen LogP contribution in [-0.2, 0) is 0 Å². The Morgan fingerprint density at radius 3 is 2.69 bits per heavy atom. The van der Waals surface area contributed by atoms with Crippen molar-refractivity contribution in [3.8, 4) is 0 Å². The molecule has 0 spiro atoms. The van der Waals surface area contributed by atoms with E-state index in [0.717, 1.165) is 5.56 Å². The van der Waals surface area contributed by atoms with Crippen molar-refractivity contribution in [3.05, 3.63) is 34.1 Å². The van der Waals surface area contributed by atoms with E-state index in [9.17, 15) is 4.39 Å². The van der Waals surface area contributed by atoms with Gasteiger partial charge in [0, 0.05) is 0 Å². The molecule has 0 unspecified atom stereocenters. The molecule has 0 N–H and O–H groups in total. The molecule has 1 aromatic rings. The Morgan fingerprint density at radius 1 is 1.54 bits per heavy atom. The molecular formula is C9H8ClFIN. The molecule has 0 aliphatic carbocycles. The van der Waals surface area contributed by atoms with E-state index in [1.807, 2.05) is 29.8 Å². The van der Waals surface area contributed by atoms with Crippen LogP contribution in [0.15, 0.2) is 15.3 Å². The van der Waals surface area contributed by atoms with Gasteiger partial charge in [-0.25, -0.2) is 7.60 Å². The molecule has 0 fully saturated rings. The van der Waals surface area contributed by atoms with Gasteiger partial charge >= 0.3 is 0 Å². The van der Waals surface area contributed by atoms with Gasteiger partial charge in [-0.15, -0.1) is 0 Å². The van der Waals surface area contributed by atoms with Gasteiger partial charge in [0.05, 0.1) is 39.2 Å². The molecule has 0 bridgehead atoms. The lowest BCUT2D eigenvalue weighted by molar-refractivity contribution is 0.625. The third-order valence-corrected chi connectivity index (χ3v) is 2.98. The second kappa shape index (κ2) is 4.37. The largest absolute Gasteiger partial charge is 0.219 e. The highest BCUT2D eigenvalue weighted by Gasteiger charge is 2.11. The van der Waals surface area contributed by atoms with Crippen LogP contribution in [0.25, 0.3) is 0 Å². The second-order valence-corrected chi connectivity index (χ2v) is 3.58. The zero-order valence-electron chi connectivity index (χ0n) is 7.24. The van der Waals surface area contributed by atoms with E-state index in [4.69, 9.17) is 11.6 Å². The molecule has 0 aliphatic rings. The summed E-state index contributed by atoms with van der Waals surface area (Å²) in [6, 6.07) is 3.06. The molecule has 0 aliphatic heterocycles. The molecule has 70 valence electrons. The molecule has 4 heteroatoms. The number of halogens is 3. The van der Waals surface area contributed by atoms with E-state index < -0.39 is 0 Å². The average molecular weight is 312 g/mol. The molecule has 0 amide bonds. The lowest BCUT2D eigenvalue weighted by atomic mass is 10.1. The fourth-order valence-electron chi connectivity index (χ4n) is 1.03. The molecule has 0 aromatic heterocycles. The van der Waals surface area contributed by atoms with Crippen molar-refractivity contribution >= 4 is 40.2 Å². The van der Waals surface area contributed by atoms with Crippen LogP contribution in [0.5, 0.6) is 0 Å². The Morgan fingerprint density at radius 2 is 2.15 bits per heavy atom. The molecule has 0 saturated heterocycles. The van der Waals surface area contributed by atoms with Crippen LogP contribution in [0.1, 0.15) is 18.1 Å². The van der Waals surface area contributed by atoms with E-state index in [0.29, 0.717) is 16.3 Å². The van der Waals surface area contributed by atoms with Gasteiger partial charge < -0.3 is 0 Å². The zero-order chi connectivity index (χ0) is 10.0. The highest BCUT2D eigenvalue weighted by Crippen LogP contribution is 2.24. The van der Waals surface area contributed by atoms with E-state index in [2.05, 4.69) is 3.21 Å². The molecule has 0 heterocycles. The van der Waals surface area contributed by atoms with Crippen molar-refractivity contribution in [1.82, 2.24) is 0 Å². The lowest BCUT2D eigenvalue weighted by Gasteiger charge is -2.06. The number of hydrogen-bond acceptors (Lipinski definition) is 1. The number of nitrogens with zero attached hydrogens (tertiary/aromatic N) is 1. The minimum absolute atomic E-state index is 0.325. The summed E-state index contributed by atoms with van der Waals surface area (Å²) in [5.41, 5.74) is 1.86. The van der Waals surface area contributed by atoms with Gasteiger partial charge in [-0.1, -0.05) is 17.7 Å². The van der Waals surface area contributed by atoms with Crippen LogP contribution >= 0.6 is 34.5 Å². The van der Waals surface area contributed by atoms with Crippen LogP contribution in [-0.4, -0.2) is 5.71 Å². The van der Waals surface area contributed by atoms with Crippen molar-refractivity contribution in [2.24, 2.45) is 3.21 Å². The normalized spacial score (nSPS) is 11.9. The number of rotatable bonds is 1. The Kier molecular flexibility index (Phi) is 3.67. The first-order valence-electron chi connectivity index (χ1n) is 3.68. The highest BCUT2D eigenvalue weighted by atomic mass is 127. The maximum atomic E-state index is 13.3. The number of hydrogen-bond donors (Lipinski definition) is 0. The summed E-state index contributed by atoms with van der Waals surface area (Å²) < 4.78 is 17.2. The molecular weight excluding hydrogens is 303 g/mol. The van der Waals surface area contributed by atoms with Crippen molar-refractivity contribution in [2.75, 3.05) is 0 Å². The van der Waals surface area contributed by atoms with Gasteiger partial charge in [0.15, 0.2) is 0 Å². The van der Waals surface area contributed by atoms with E-state index in [-0.39, 0.29) is 5.82 Å². The predicted octanol–water partition coefficient (Wildman–Crippen LogP) is 3.95. The minimum Gasteiger partial charge on any atom is -0.219 e. The van der Waals surface area contributed by atoms with Gasteiger partial charge in [0.2, 0.25) is 0 Å². The van der Waals surface area contributed by atoms with Gasteiger partial charge in [-0.3, -0.25) is 0 Å². The van der Waals surface area contributed by atoms with Gasteiger partial charge in [0.1, 0.15) is 5.82 Å². The van der Waals surface area contributed by atoms with E-state index in [1.165, 1.54) is 6.07 Å². The van der Waals surface area contributed by atoms with Crippen molar-refractivity contribution in [3.63, 3.8) is 0 Å². The van der Waals surface area contributed by atoms with Crippen molar-refractivity contribution < 1.29 is 4.39 Å². The van der Waals surface area contributed by atoms with Crippen LogP contribution in [0.2, 0.25) is 5.02 Å². The SMILES string of the molecule is C/C(=N\I)c1c(F)ccc(C)c1Cl. The van der Waals surface area contributed by atoms with Crippen molar-refractivity contribution in [1.29, 1.82) is 0 Å². The Hall–Kier alpha value is -0.160. The van der Waals surface area contributed by atoms with E-state index in [1.54, 1.807) is 13.0 Å². The molecule has 0 atom stereocenters. The predicted molar refractivity (Wildman–Crippen MR) is 62.4 cm³/mol. The lowest BCUT2D eigenvalue weighted by Crippen LogP contribution is -2.00. The topological polar surface area (TPSA) is 12.4 Å². The molecule has 0 radical (unpaired) electrons.